The van der Waals surface area contributed by atoms with E-state index in [0.29, 0.717) is 6.04 Å². The van der Waals surface area contributed by atoms with E-state index in [1.165, 1.54) is 31.4 Å². The highest BCUT2D eigenvalue weighted by atomic mass is 79.9. The highest BCUT2D eigenvalue weighted by Crippen LogP contribution is 2.29. The second kappa shape index (κ2) is 7.58. The van der Waals surface area contributed by atoms with Gasteiger partial charge in [0.15, 0.2) is 0 Å². The highest BCUT2D eigenvalue weighted by Gasteiger charge is 2.28. The molecule has 1 aromatic carbocycles. The van der Waals surface area contributed by atoms with Crippen molar-refractivity contribution in [3.8, 4) is 0 Å². The van der Waals surface area contributed by atoms with Crippen LogP contribution in [0.15, 0.2) is 28.7 Å². The first kappa shape index (κ1) is 16.0. The summed E-state index contributed by atoms with van der Waals surface area (Å²) in [6.45, 7) is 4.62. The molecule has 3 unspecified atom stereocenters. The van der Waals surface area contributed by atoms with E-state index in [4.69, 9.17) is 0 Å². The van der Waals surface area contributed by atoms with E-state index in [9.17, 15) is 0 Å². The second-order valence-electron chi connectivity index (χ2n) is 6.40. The molecule has 1 aliphatic carbocycles. The van der Waals surface area contributed by atoms with Crippen LogP contribution in [0.1, 0.15) is 31.7 Å². The summed E-state index contributed by atoms with van der Waals surface area (Å²) >= 11 is 3.49. The molecular formula is C17H27BrN2. The van der Waals surface area contributed by atoms with Gasteiger partial charge in [0, 0.05) is 23.6 Å². The molecule has 1 aromatic rings. The largest absolute Gasteiger partial charge is 0.317 e. The number of benzene rings is 1. The normalized spacial score (nSPS) is 26.9. The zero-order valence-electron chi connectivity index (χ0n) is 12.9. The molecule has 1 N–H and O–H groups in total. The van der Waals surface area contributed by atoms with Crippen LogP contribution in [0.25, 0.3) is 0 Å². The Kier molecular flexibility index (Phi) is 6.06. The molecular weight excluding hydrogens is 312 g/mol. The van der Waals surface area contributed by atoms with Gasteiger partial charge in [0.2, 0.25) is 0 Å². The van der Waals surface area contributed by atoms with Crippen LogP contribution >= 0.6 is 15.9 Å². The van der Waals surface area contributed by atoms with Crippen molar-refractivity contribution in [3.63, 3.8) is 0 Å². The van der Waals surface area contributed by atoms with Crippen LogP contribution in [-0.4, -0.2) is 31.6 Å². The van der Waals surface area contributed by atoms with Gasteiger partial charge in [-0.3, -0.25) is 0 Å². The van der Waals surface area contributed by atoms with E-state index in [1.807, 2.05) is 0 Å². The molecule has 1 aliphatic rings. The van der Waals surface area contributed by atoms with Gasteiger partial charge in [-0.2, -0.15) is 0 Å². The SMILES string of the molecule is CNC1CCC(C)CC1CN(C)Cc1ccc(Br)cc1. The average Bonchev–Trinajstić information content (AvgIpc) is 2.41. The molecule has 20 heavy (non-hydrogen) atoms. The standard InChI is InChI=1S/C17H27BrN2/c1-13-4-9-17(19-2)15(10-13)12-20(3)11-14-5-7-16(18)8-6-14/h5-8,13,15,17,19H,4,9-12H2,1-3H3. The molecule has 0 aliphatic heterocycles. The molecule has 1 saturated carbocycles. The summed E-state index contributed by atoms with van der Waals surface area (Å²) in [6, 6.07) is 9.36. The summed E-state index contributed by atoms with van der Waals surface area (Å²) in [5.41, 5.74) is 1.39. The van der Waals surface area contributed by atoms with Gasteiger partial charge in [0.05, 0.1) is 0 Å². The van der Waals surface area contributed by atoms with E-state index in [1.54, 1.807) is 0 Å². The molecule has 3 atom stereocenters. The fraction of sp³-hybridized carbons (Fsp3) is 0.647. The molecule has 3 heteroatoms. The lowest BCUT2D eigenvalue weighted by molar-refractivity contribution is 0.162. The molecule has 112 valence electrons. The summed E-state index contributed by atoms with van der Waals surface area (Å²) < 4.78 is 1.15. The van der Waals surface area contributed by atoms with Crippen LogP contribution in [-0.2, 0) is 6.54 Å². The first-order valence-corrected chi connectivity index (χ1v) is 8.48. The third-order valence-electron chi connectivity index (χ3n) is 4.53. The van der Waals surface area contributed by atoms with Gasteiger partial charge in [-0.1, -0.05) is 35.0 Å². The Balaban J connectivity index is 1.89. The molecule has 2 nitrogen and oxygen atoms in total. The van der Waals surface area contributed by atoms with Gasteiger partial charge in [-0.25, -0.2) is 0 Å². The minimum absolute atomic E-state index is 0.693. The molecule has 0 spiro atoms. The lowest BCUT2D eigenvalue weighted by Crippen LogP contribution is -2.43. The van der Waals surface area contributed by atoms with Gasteiger partial charge < -0.3 is 10.2 Å². The molecule has 0 bridgehead atoms. The number of nitrogens with one attached hydrogen (secondary N) is 1. The van der Waals surface area contributed by atoms with Gasteiger partial charge in [-0.15, -0.1) is 0 Å². The predicted molar refractivity (Wildman–Crippen MR) is 89.8 cm³/mol. The Labute approximate surface area is 132 Å². The zero-order valence-corrected chi connectivity index (χ0v) is 14.5. The molecule has 0 amide bonds. The summed E-state index contributed by atoms with van der Waals surface area (Å²) in [5.74, 6) is 1.66. The smallest absolute Gasteiger partial charge is 0.0230 e. The van der Waals surface area contributed by atoms with E-state index >= 15 is 0 Å². The predicted octanol–water partition coefficient (Wildman–Crippen LogP) is 3.91. The van der Waals surface area contributed by atoms with Crippen molar-refractivity contribution in [2.75, 3.05) is 20.6 Å². The van der Waals surface area contributed by atoms with Crippen molar-refractivity contribution in [1.82, 2.24) is 10.2 Å². The maximum Gasteiger partial charge on any atom is 0.0230 e. The number of hydrogen-bond acceptors (Lipinski definition) is 2. The third-order valence-corrected chi connectivity index (χ3v) is 5.06. The van der Waals surface area contributed by atoms with Crippen LogP contribution in [0, 0.1) is 11.8 Å². The maximum absolute atomic E-state index is 3.52. The lowest BCUT2D eigenvalue weighted by Gasteiger charge is -2.37. The number of hydrogen-bond donors (Lipinski definition) is 1. The minimum Gasteiger partial charge on any atom is -0.317 e. The topological polar surface area (TPSA) is 15.3 Å². The fourth-order valence-electron chi connectivity index (χ4n) is 3.45. The average molecular weight is 339 g/mol. The lowest BCUT2D eigenvalue weighted by atomic mass is 9.78. The highest BCUT2D eigenvalue weighted by molar-refractivity contribution is 9.10. The number of nitrogens with zero attached hydrogens (tertiary/aromatic N) is 1. The fourth-order valence-corrected chi connectivity index (χ4v) is 3.71. The van der Waals surface area contributed by atoms with Crippen molar-refractivity contribution >= 4 is 15.9 Å². The van der Waals surface area contributed by atoms with Crippen molar-refractivity contribution in [3.05, 3.63) is 34.3 Å². The quantitative estimate of drug-likeness (QED) is 0.875. The number of halogens is 1. The Morgan fingerprint density at radius 1 is 1.25 bits per heavy atom. The van der Waals surface area contributed by atoms with Crippen LogP contribution < -0.4 is 5.32 Å². The molecule has 0 heterocycles. The monoisotopic (exact) mass is 338 g/mol. The summed E-state index contributed by atoms with van der Waals surface area (Å²) in [6.07, 6.45) is 4.06. The van der Waals surface area contributed by atoms with Crippen LogP contribution in [0.5, 0.6) is 0 Å². The molecule has 2 rings (SSSR count). The molecule has 1 fully saturated rings. The van der Waals surface area contributed by atoms with Crippen molar-refractivity contribution in [2.24, 2.45) is 11.8 Å². The molecule has 0 saturated heterocycles. The van der Waals surface area contributed by atoms with E-state index < -0.39 is 0 Å². The first-order valence-electron chi connectivity index (χ1n) is 7.68. The van der Waals surface area contributed by atoms with E-state index in [-0.39, 0.29) is 0 Å². The minimum atomic E-state index is 0.693. The van der Waals surface area contributed by atoms with Crippen LogP contribution in [0.3, 0.4) is 0 Å². The van der Waals surface area contributed by atoms with Crippen LogP contribution in [0.4, 0.5) is 0 Å². The third kappa shape index (κ3) is 4.57. The van der Waals surface area contributed by atoms with Gasteiger partial charge in [0.25, 0.3) is 0 Å². The van der Waals surface area contributed by atoms with Gasteiger partial charge in [0.1, 0.15) is 0 Å². The molecule has 0 aromatic heterocycles. The summed E-state index contributed by atoms with van der Waals surface area (Å²) in [4.78, 5) is 2.47. The maximum atomic E-state index is 3.52. The molecule has 0 radical (unpaired) electrons. The van der Waals surface area contributed by atoms with Gasteiger partial charge >= 0.3 is 0 Å². The zero-order chi connectivity index (χ0) is 14.5. The van der Waals surface area contributed by atoms with Crippen molar-refractivity contribution in [2.45, 2.75) is 38.8 Å². The van der Waals surface area contributed by atoms with Crippen molar-refractivity contribution < 1.29 is 0 Å². The van der Waals surface area contributed by atoms with Gasteiger partial charge in [-0.05, 0) is 62.9 Å². The Morgan fingerprint density at radius 2 is 1.95 bits per heavy atom. The second-order valence-corrected chi connectivity index (χ2v) is 7.31. The Morgan fingerprint density at radius 3 is 2.60 bits per heavy atom. The summed E-state index contributed by atoms with van der Waals surface area (Å²) in [7, 11) is 4.36. The Bertz CT molecular complexity index is 404. The van der Waals surface area contributed by atoms with E-state index in [0.717, 1.165) is 22.9 Å². The van der Waals surface area contributed by atoms with E-state index in [2.05, 4.69) is 71.4 Å². The number of rotatable bonds is 5. The summed E-state index contributed by atoms with van der Waals surface area (Å²) in [5, 5.41) is 3.52. The van der Waals surface area contributed by atoms with Crippen molar-refractivity contribution in [1.29, 1.82) is 0 Å². The Hall–Kier alpha value is -0.380. The van der Waals surface area contributed by atoms with Crippen LogP contribution in [0.2, 0.25) is 0 Å². The first-order chi connectivity index (χ1) is 9.58.